The van der Waals surface area contributed by atoms with Gasteiger partial charge in [-0.2, -0.15) is 4.31 Å². The molecule has 1 heterocycles. The van der Waals surface area contributed by atoms with Crippen molar-refractivity contribution < 1.29 is 17.9 Å². The minimum atomic E-state index is -3.71. The highest BCUT2D eigenvalue weighted by molar-refractivity contribution is 7.89. The molecule has 0 aromatic heterocycles. The van der Waals surface area contributed by atoms with Crippen LogP contribution in [-0.2, 0) is 26.1 Å². The van der Waals surface area contributed by atoms with E-state index in [1.54, 1.807) is 0 Å². The quantitative estimate of drug-likeness (QED) is 0.494. The van der Waals surface area contributed by atoms with Crippen LogP contribution in [0.1, 0.15) is 19.4 Å². The molecule has 180 valence electrons. The molecule has 33 heavy (non-hydrogen) atoms. The van der Waals surface area contributed by atoms with Gasteiger partial charge in [0.15, 0.2) is 0 Å². The van der Waals surface area contributed by atoms with E-state index >= 15 is 0 Å². The average molecular weight is 474 g/mol. The third-order valence-electron chi connectivity index (χ3n) is 6.08. The first-order valence-electron chi connectivity index (χ1n) is 11.5. The summed E-state index contributed by atoms with van der Waals surface area (Å²) in [4.78, 5) is 17.1. The van der Waals surface area contributed by atoms with Crippen LogP contribution in [0.5, 0.6) is 0 Å². The summed E-state index contributed by atoms with van der Waals surface area (Å²) in [6.45, 7) is 7.57. The van der Waals surface area contributed by atoms with Crippen LogP contribution >= 0.6 is 0 Å². The van der Waals surface area contributed by atoms with Crippen LogP contribution in [0.15, 0.2) is 60.7 Å². The van der Waals surface area contributed by atoms with Gasteiger partial charge in [-0.25, -0.2) is 8.42 Å². The zero-order chi connectivity index (χ0) is 23.8. The Balaban J connectivity index is 1.69. The van der Waals surface area contributed by atoms with Gasteiger partial charge in [0.05, 0.1) is 12.9 Å². The summed E-state index contributed by atoms with van der Waals surface area (Å²) >= 11 is 0. The van der Waals surface area contributed by atoms with Crippen molar-refractivity contribution in [2.75, 3.05) is 50.5 Å². The van der Waals surface area contributed by atoms with E-state index in [2.05, 4.69) is 21.9 Å². The second kappa shape index (κ2) is 11.6. The van der Waals surface area contributed by atoms with E-state index in [-0.39, 0.29) is 18.2 Å². The van der Waals surface area contributed by atoms with Crippen molar-refractivity contribution in [1.82, 2.24) is 9.21 Å². The van der Waals surface area contributed by atoms with Gasteiger partial charge < -0.3 is 9.64 Å². The second-order valence-electron chi connectivity index (χ2n) is 8.72. The van der Waals surface area contributed by atoms with Crippen LogP contribution in [0.2, 0.25) is 0 Å². The number of carbonyl (C=O) groups is 1. The molecule has 1 aliphatic heterocycles. The number of hydrogen-bond acceptors (Lipinski definition) is 6. The summed E-state index contributed by atoms with van der Waals surface area (Å²) in [5.41, 5.74) is 2.03. The lowest BCUT2D eigenvalue weighted by molar-refractivity contribution is -0.146. The molecule has 1 aliphatic rings. The van der Waals surface area contributed by atoms with Gasteiger partial charge in [0.1, 0.15) is 6.04 Å². The van der Waals surface area contributed by atoms with E-state index < -0.39 is 22.0 Å². The van der Waals surface area contributed by atoms with Gasteiger partial charge in [-0.05, 0) is 23.6 Å². The summed E-state index contributed by atoms with van der Waals surface area (Å²) in [6.07, 6.45) is 0. The fourth-order valence-corrected chi connectivity index (χ4v) is 5.95. The van der Waals surface area contributed by atoms with Crippen LogP contribution in [0.3, 0.4) is 0 Å². The average Bonchev–Trinajstić information content (AvgIpc) is 2.83. The molecule has 0 amide bonds. The molecule has 0 radical (unpaired) electrons. The number of hydrogen-bond donors (Lipinski definition) is 0. The first-order chi connectivity index (χ1) is 15.8. The maximum atomic E-state index is 13.5. The van der Waals surface area contributed by atoms with E-state index in [9.17, 15) is 13.2 Å². The lowest BCUT2D eigenvalue weighted by Crippen LogP contribution is -2.51. The Labute approximate surface area is 198 Å². The molecule has 0 N–H and O–H groups in total. The van der Waals surface area contributed by atoms with E-state index in [4.69, 9.17) is 4.74 Å². The maximum Gasteiger partial charge on any atom is 0.324 e. The predicted octanol–water partition coefficient (Wildman–Crippen LogP) is 2.84. The van der Waals surface area contributed by atoms with Crippen LogP contribution in [-0.4, -0.2) is 75.2 Å². The zero-order valence-electron chi connectivity index (χ0n) is 19.8. The molecule has 0 aliphatic carbocycles. The molecular formula is C25H35N3O4S. The first kappa shape index (κ1) is 25.2. The standard InChI is InChI=1S/C25H35N3O4S/c1-21(2)24(25(29)32-3)28(20-22-10-6-4-7-11-22)33(30,31)19-18-26-14-16-27(17-15-26)23-12-8-5-9-13-23/h4-13,21,24H,14-20H2,1-3H3/t24-/m0/s1. The van der Waals surface area contributed by atoms with Gasteiger partial charge in [0, 0.05) is 45.0 Å². The number of ether oxygens (including phenoxy) is 1. The van der Waals surface area contributed by atoms with E-state index in [0.717, 1.165) is 31.7 Å². The van der Waals surface area contributed by atoms with Crippen molar-refractivity contribution >= 4 is 21.7 Å². The van der Waals surface area contributed by atoms with Crippen LogP contribution in [0.25, 0.3) is 0 Å². The minimum Gasteiger partial charge on any atom is -0.468 e. The van der Waals surface area contributed by atoms with Gasteiger partial charge in [-0.15, -0.1) is 0 Å². The Morgan fingerprint density at radius 3 is 2.09 bits per heavy atom. The Kier molecular flexibility index (Phi) is 8.88. The molecular weight excluding hydrogens is 438 g/mol. The third-order valence-corrected chi connectivity index (χ3v) is 7.85. The van der Waals surface area contributed by atoms with Crippen LogP contribution in [0.4, 0.5) is 5.69 Å². The van der Waals surface area contributed by atoms with Gasteiger partial charge in [0.2, 0.25) is 10.0 Å². The summed E-state index contributed by atoms with van der Waals surface area (Å²) in [5, 5.41) is 0. The Morgan fingerprint density at radius 2 is 1.55 bits per heavy atom. The largest absolute Gasteiger partial charge is 0.468 e. The van der Waals surface area contributed by atoms with Crippen LogP contribution < -0.4 is 4.90 Å². The van der Waals surface area contributed by atoms with Gasteiger partial charge in [0.25, 0.3) is 0 Å². The Bertz CT molecular complexity index is 975. The Hall–Kier alpha value is -2.42. The van der Waals surface area contributed by atoms with Crippen molar-refractivity contribution in [1.29, 1.82) is 0 Å². The number of esters is 1. The number of carbonyl (C=O) groups excluding carboxylic acids is 1. The number of anilines is 1. The lowest BCUT2D eigenvalue weighted by Gasteiger charge is -2.37. The molecule has 1 atom stereocenters. The zero-order valence-corrected chi connectivity index (χ0v) is 20.6. The number of benzene rings is 2. The third kappa shape index (κ3) is 6.79. The number of para-hydroxylation sites is 1. The monoisotopic (exact) mass is 473 g/mol. The summed E-state index contributed by atoms with van der Waals surface area (Å²) in [6, 6.07) is 18.8. The minimum absolute atomic E-state index is 0.0363. The maximum absolute atomic E-state index is 13.5. The van der Waals surface area contributed by atoms with Crippen molar-refractivity contribution in [2.45, 2.75) is 26.4 Å². The molecule has 7 nitrogen and oxygen atoms in total. The Morgan fingerprint density at radius 1 is 0.970 bits per heavy atom. The van der Waals surface area contributed by atoms with Crippen molar-refractivity contribution in [3.8, 4) is 0 Å². The van der Waals surface area contributed by atoms with Gasteiger partial charge in [-0.3, -0.25) is 9.69 Å². The molecule has 0 unspecified atom stereocenters. The number of piperazine rings is 1. The molecule has 0 bridgehead atoms. The predicted molar refractivity (Wildman–Crippen MR) is 132 cm³/mol. The molecule has 3 rings (SSSR count). The topological polar surface area (TPSA) is 70.2 Å². The number of methoxy groups -OCH3 is 1. The van der Waals surface area contributed by atoms with Crippen LogP contribution in [0, 0.1) is 5.92 Å². The second-order valence-corrected chi connectivity index (χ2v) is 10.8. The molecule has 2 aromatic rings. The highest BCUT2D eigenvalue weighted by Gasteiger charge is 2.38. The number of nitrogens with zero attached hydrogens (tertiary/aromatic N) is 3. The summed E-state index contributed by atoms with van der Waals surface area (Å²) in [5.74, 6) is -0.780. The van der Waals surface area contributed by atoms with Crippen molar-refractivity contribution in [2.24, 2.45) is 5.92 Å². The summed E-state index contributed by atoms with van der Waals surface area (Å²) < 4.78 is 33.3. The molecule has 2 aromatic carbocycles. The normalized spacial score (nSPS) is 16.2. The van der Waals surface area contributed by atoms with E-state index in [1.165, 1.54) is 17.1 Å². The number of rotatable bonds is 10. The highest BCUT2D eigenvalue weighted by Crippen LogP contribution is 2.22. The fraction of sp³-hybridized carbons (Fsp3) is 0.480. The summed E-state index contributed by atoms with van der Waals surface area (Å²) in [7, 11) is -2.40. The smallest absolute Gasteiger partial charge is 0.324 e. The highest BCUT2D eigenvalue weighted by atomic mass is 32.2. The van der Waals surface area contributed by atoms with E-state index in [0.29, 0.717) is 6.54 Å². The van der Waals surface area contributed by atoms with Gasteiger partial charge in [-0.1, -0.05) is 62.4 Å². The molecule has 0 saturated carbocycles. The van der Waals surface area contributed by atoms with Crippen molar-refractivity contribution in [3.05, 3.63) is 66.2 Å². The molecule has 1 saturated heterocycles. The van der Waals surface area contributed by atoms with E-state index in [1.807, 2.05) is 62.4 Å². The lowest BCUT2D eigenvalue weighted by atomic mass is 10.0. The number of sulfonamides is 1. The molecule has 8 heteroatoms. The van der Waals surface area contributed by atoms with Crippen molar-refractivity contribution in [3.63, 3.8) is 0 Å². The SMILES string of the molecule is COC(=O)[C@H](C(C)C)N(Cc1ccccc1)S(=O)(=O)CCN1CCN(c2ccccc2)CC1. The molecule has 1 fully saturated rings. The van der Waals surface area contributed by atoms with Gasteiger partial charge >= 0.3 is 5.97 Å². The molecule has 0 spiro atoms. The first-order valence-corrected chi connectivity index (χ1v) is 13.1. The fourth-order valence-electron chi connectivity index (χ4n) is 4.21.